The van der Waals surface area contributed by atoms with E-state index in [-0.39, 0.29) is 54.0 Å². The van der Waals surface area contributed by atoms with Crippen molar-refractivity contribution in [3.05, 3.63) is 86.2 Å². The first-order valence-corrected chi connectivity index (χ1v) is 16.3. The minimum atomic E-state index is 0. The van der Waals surface area contributed by atoms with Crippen LogP contribution >= 0.6 is 11.6 Å². The summed E-state index contributed by atoms with van der Waals surface area (Å²) in [7, 11) is 0. The summed E-state index contributed by atoms with van der Waals surface area (Å²) in [6, 6.07) is 13.0. The Morgan fingerprint density at radius 1 is 0.556 bits per heavy atom. The van der Waals surface area contributed by atoms with E-state index in [9.17, 15) is 0 Å². The molecule has 1 heterocycles. The van der Waals surface area contributed by atoms with Crippen LogP contribution in [0.3, 0.4) is 0 Å². The average molecular weight is 738 g/mol. The van der Waals surface area contributed by atoms with Crippen molar-refractivity contribution < 1.29 is 54.0 Å². The van der Waals surface area contributed by atoms with Crippen LogP contribution in [0.2, 0.25) is 5.02 Å². The molecule has 0 aliphatic rings. The maximum Gasteiger partial charge on any atom is 3.00 e. The zero-order valence-electron chi connectivity index (χ0n) is 27.8. The van der Waals surface area contributed by atoms with Gasteiger partial charge in [-0.2, -0.15) is 0 Å². The fourth-order valence-electron chi connectivity index (χ4n) is 5.36. The molecule has 0 bridgehead atoms. The number of benzene rings is 2. The largest absolute Gasteiger partial charge is 3.00 e. The number of aromatic nitrogens is 1. The molecule has 8 heteroatoms. The standard InChI is InChI=1S/C37H50ClN3.3ClH.Co/c1-7-11-15-29-19-27(5)20-30(16-12-8-2)36(29)39-25-34-23-33(38)24-35(41-34)26-40-37-31(17-13-9-3)21-28(6)22-32(37)18-14-10-4;;;;/h19-26H,7-18H2,1-6H3;3*1H;/q;;;;+3/p-3. The second-order valence-corrected chi connectivity index (χ2v) is 11.9. The molecule has 45 heavy (non-hydrogen) atoms. The number of halogens is 4. The fraction of sp³-hybridized carbons (Fsp3) is 0.486. The second kappa shape index (κ2) is 24.7. The van der Waals surface area contributed by atoms with Gasteiger partial charge in [0.2, 0.25) is 0 Å². The summed E-state index contributed by atoms with van der Waals surface area (Å²) in [4.78, 5) is 15.0. The van der Waals surface area contributed by atoms with Gasteiger partial charge in [-0.1, -0.05) is 100 Å². The Bertz CT molecular complexity index is 1190. The molecule has 1 aromatic heterocycles. The molecule has 3 aromatic rings. The molecule has 0 amide bonds. The van der Waals surface area contributed by atoms with E-state index in [1.54, 1.807) is 0 Å². The molecule has 0 fully saturated rings. The quantitative estimate of drug-likeness (QED) is 0.208. The number of unbranched alkanes of at least 4 members (excludes halogenated alkanes) is 4. The molecule has 0 atom stereocenters. The van der Waals surface area contributed by atoms with Gasteiger partial charge < -0.3 is 37.2 Å². The third kappa shape index (κ3) is 14.9. The van der Waals surface area contributed by atoms with Crippen molar-refractivity contribution in [2.75, 3.05) is 0 Å². The van der Waals surface area contributed by atoms with Crippen LogP contribution in [0.15, 0.2) is 46.4 Å². The van der Waals surface area contributed by atoms with Crippen molar-refractivity contribution in [2.45, 2.75) is 119 Å². The third-order valence-corrected chi connectivity index (χ3v) is 7.72. The van der Waals surface area contributed by atoms with Gasteiger partial charge in [0, 0.05) is 5.02 Å². The van der Waals surface area contributed by atoms with Crippen LogP contribution < -0.4 is 37.2 Å². The van der Waals surface area contributed by atoms with Gasteiger partial charge in [-0.25, -0.2) is 4.98 Å². The normalized spacial score (nSPS) is 10.7. The van der Waals surface area contributed by atoms with Gasteiger partial charge in [-0.15, -0.1) is 0 Å². The SMILES string of the molecule is CCCCc1cc(C)cc(CCCC)c1N=Cc1cc(Cl)cc(C=Nc2c(CCCC)cc(C)cc2CCCC)n1.[Cl-].[Cl-].[Cl-].[Co+3]. The Balaban J connectivity index is 0. The molecular formula is C37H50Cl4CoN3. The summed E-state index contributed by atoms with van der Waals surface area (Å²) in [5.41, 5.74) is 11.7. The van der Waals surface area contributed by atoms with Crippen LogP contribution in [-0.2, 0) is 42.5 Å². The van der Waals surface area contributed by atoms with E-state index in [1.165, 1.54) is 59.1 Å². The van der Waals surface area contributed by atoms with Gasteiger partial charge in [0.1, 0.15) is 0 Å². The molecular weight excluding hydrogens is 687 g/mol. The second-order valence-electron chi connectivity index (χ2n) is 11.4. The molecule has 0 saturated heterocycles. The maximum atomic E-state index is 6.59. The molecule has 0 aliphatic heterocycles. The number of nitrogens with zero attached hydrogens (tertiary/aromatic N) is 3. The molecule has 3 nitrogen and oxygen atoms in total. The Kier molecular flexibility index (Phi) is 25.1. The summed E-state index contributed by atoms with van der Waals surface area (Å²) in [5, 5.41) is 0.644. The van der Waals surface area contributed by atoms with Crippen LogP contribution in [0, 0.1) is 13.8 Å². The summed E-state index contributed by atoms with van der Waals surface area (Å²) >= 11 is 6.59. The Labute approximate surface area is 307 Å². The number of aryl methyl sites for hydroxylation is 6. The van der Waals surface area contributed by atoms with Crippen LogP contribution in [-0.4, -0.2) is 17.4 Å². The molecule has 0 spiro atoms. The summed E-state index contributed by atoms with van der Waals surface area (Å²) in [6.45, 7) is 13.4. The van der Waals surface area contributed by atoms with Gasteiger partial charge >= 0.3 is 16.8 Å². The summed E-state index contributed by atoms with van der Waals surface area (Å²) < 4.78 is 0. The van der Waals surface area contributed by atoms with Crippen molar-refractivity contribution in [2.24, 2.45) is 9.98 Å². The fourth-order valence-corrected chi connectivity index (χ4v) is 5.59. The minimum absolute atomic E-state index is 0. The van der Waals surface area contributed by atoms with Crippen LogP contribution in [0.4, 0.5) is 11.4 Å². The molecule has 3 rings (SSSR count). The first-order chi connectivity index (χ1) is 19.9. The smallest absolute Gasteiger partial charge is 1.00 e. The topological polar surface area (TPSA) is 37.6 Å². The molecule has 0 saturated carbocycles. The molecule has 2 aromatic carbocycles. The monoisotopic (exact) mass is 735 g/mol. The van der Waals surface area contributed by atoms with E-state index in [4.69, 9.17) is 26.6 Å². The molecule has 0 radical (unpaired) electrons. The first kappa shape index (κ1) is 45.7. The number of pyridine rings is 1. The van der Waals surface area contributed by atoms with Crippen molar-refractivity contribution in [1.82, 2.24) is 4.98 Å². The van der Waals surface area contributed by atoms with Gasteiger partial charge in [0.15, 0.2) is 0 Å². The van der Waals surface area contributed by atoms with Crippen molar-refractivity contribution in [3.63, 3.8) is 0 Å². The van der Waals surface area contributed by atoms with Crippen LogP contribution in [0.25, 0.3) is 0 Å². The minimum Gasteiger partial charge on any atom is -1.00 e. The van der Waals surface area contributed by atoms with E-state index in [0.717, 1.165) is 74.1 Å². The van der Waals surface area contributed by atoms with Gasteiger partial charge in [0.05, 0.1) is 35.2 Å². The third-order valence-electron chi connectivity index (χ3n) is 7.50. The summed E-state index contributed by atoms with van der Waals surface area (Å²) in [6.07, 6.45) is 17.3. The number of hydrogen-bond acceptors (Lipinski definition) is 3. The average Bonchev–Trinajstić information content (AvgIpc) is 2.95. The number of rotatable bonds is 16. The predicted octanol–water partition coefficient (Wildman–Crippen LogP) is 2.23. The van der Waals surface area contributed by atoms with Crippen molar-refractivity contribution in [1.29, 1.82) is 0 Å². The molecule has 250 valence electrons. The van der Waals surface area contributed by atoms with Crippen LogP contribution in [0.1, 0.15) is 124 Å². The molecule has 0 unspecified atom stereocenters. The van der Waals surface area contributed by atoms with E-state index in [2.05, 4.69) is 65.8 Å². The van der Waals surface area contributed by atoms with Gasteiger partial charge in [-0.3, -0.25) is 9.98 Å². The van der Waals surface area contributed by atoms with Gasteiger partial charge in [0.25, 0.3) is 0 Å². The maximum absolute atomic E-state index is 6.59. The Hall–Kier alpha value is -1.40. The Morgan fingerprint density at radius 3 is 1.11 bits per heavy atom. The number of hydrogen-bond donors (Lipinski definition) is 0. The van der Waals surface area contributed by atoms with Crippen molar-refractivity contribution in [3.8, 4) is 0 Å². The Morgan fingerprint density at radius 2 is 0.844 bits per heavy atom. The zero-order chi connectivity index (χ0) is 29.6. The predicted molar refractivity (Wildman–Crippen MR) is 181 cm³/mol. The molecule has 0 aliphatic carbocycles. The van der Waals surface area contributed by atoms with E-state index < -0.39 is 0 Å². The molecule has 0 N–H and O–H groups in total. The zero-order valence-corrected chi connectivity index (χ0v) is 31.9. The van der Waals surface area contributed by atoms with E-state index >= 15 is 0 Å². The van der Waals surface area contributed by atoms with E-state index in [1.807, 2.05) is 24.6 Å². The van der Waals surface area contributed by atoms with Crippen LogP contribution in [0.5, 0.6) is 0 Å². The van der Waals surface area contributed by atoms with E-state index in [0.29, 0.717) is 5.02 Å². The number of aliphatic imine (C=N–C) groups is 2. The summed E-state index contributed by atoms with van der Waals surface area (Å²) in [5.74, 6) is 0. The van der Waals surface area contributed by atoms with Crippen molar-refractivity contribution >= 4 is 35.4 Å². The van der Waals surface area contributed by atoms with Gasteiger partial charge in [-0.05, 0) is 99.6 Å². The first-order valence-electron chi connectivity index (χ1n) is 15.9.